The Morgan fingerprint density at radius 2 is 1.84 bits per heavy atom. The van der Waals surface area contributed by atoms with E-state index >= 15 is 0 Å². The first-order chi connectivity index (χ1) is 14.9. The Bertz CT molecular complexity index is 1330. The molecule has 0 radical (unpaired) electrons. The highest BCUT2D eigenvalue weighted by atomic mass is 32.2. The van der Waals surface area contributed by atoms with Crippen LogP contribution >= 0.6 is 0 Å². The van der Waals surface area contributed by atoms with Crippen LogP contribution in [0.5, 0.6) is 5.75 Å². The average molecular weight is 439 g/mol. The van der Waals surface area contributed by atoms with E-state index in [1.54, 1.807) is 10.7 Å². The second-order valence-corrected chi connectivity index (χ2v) is 8.67. The van der Waals surface area contributed by atoms with Crippen molar-refractivity contribution >= 4 is 21.0 Å². The summed E-state index contributed by atoms with van der Waals surface area (Å²) in [5.74, 6) is 0.526. The van der Waals surface area contributed by atoms with E-state index < -0.39 is 10.1 Å². The van der Waals surface area contributed by atoms with Crippen LogP contribution in [0.4, 0.5) is 0 Å². The molecule has 0 saturated carbocycles. The maximum absolute atomic E-state index is 11.5. The first-order valence-corrected chi connectivity index (χ1v) is 11.5. The molecule has 0 atom stereocenters. The van der Waals surface area contributed by atoms with E-state index in [9.17, 15) is 8.42 Å². The van der Waals surface area contributed by atoms with E-state index in [0.717, 1.165) is 28.5 Å². The molecule has 9 heteroatoms. The van der Waals surface area contributed by atoms with Gasteiger partial charge in [0.05, 0.1) is 30.7 Å². The van der Waals surface area contributed by atoms with Gasteiger partial charge in [0.2, 0.25) is 0 Å². The minimum Gasteiger partial charge on any atom is -0.493 e. The first kappa shape index (κ1) is 21.0. The summed E-state index contributed by atoms with van der Waals surface area (Å²) in [6.45, 7) is 2.14. The number of hydrogen-bond acceptors (Lipinski definition) is 7. The molecule has 0 aliphatic rings. The SMILES string of the molecule is CCOc1cc2ncnc(-c3cn(C)nc3-c3ccccc3)c2cc1COS(C)(=O)=O. The maximum Gasteiger partial charge on any atom is 0.264 e. The molecule has 2 aromatic heterocycles. The van der Waals surface area contributed by atoms with Crippen molar-refractivity contribution in [1.29, 1.82) is 0 Å². The molecule has 2 aromatic carbocycles. The number of fused-ring (bicyclic) bond motifs is 1. The van der Waals surface area contributed by atoms with Crippen molar-refractivity contribution in [2.24, 2.45) is 7.05 Å². The Hall–Kier alpha value is -3.30. The number of aromatic nitrogens is 4. The maximum atomic E-state index is 11.5. The molecule has 0 aliphatic heterocycles. The van der Waals surface area contributed by atoms with Crippen LogP contribution in [0, 0.1) is 0 Å². The summed E-state index contributed by atoms with van der Waals surface area (Å²) in [5.41, 5.74) is 4.59. The van der Waals surface area contributed by atoms with Crippen LogP contribution in [0.25, 0.3) is 33.4 Å². The largest absolute Gasteiger partial charge is 0.493 e. The summed E-state index contributed by atoms with van der Waals surface area (Å²) in [4.78, 5) is 8.93. The van der Waals surface area contributed by atoms with Gasteiger partial charge in [-0.3, -0.25) is 8.86 Å². The highest BCUT2D eigenvalue weighted by Crippen LogP contribution is 2.35. The van der Waals surface area contributed by atoms with Crippen molar-refractivity contribution in [3.8, 4) is 28.3 Å². The molecule has 8 nitrogen and oxygen atoms in total. The van der Waals surface area contributed by atoms with Crippen LogP contribution in [0.3, 0.4) is 0 Å². The Morgan fingerprint density at radius 3 is 2.55 bits per heavy atom. The quantitative estimate of drug-likeness (QED) is 0.407. The van der Waals surface area contributed by atoms with E-state index in [0.29, 0.717) is 29.1 Å². The second-order valence-electron chi connectivity index (χ2n) is 7.03. The smallest absolute Gasteiger partial charge is 0.264 e. The van der Waals surface area contributed by atoms with Crippen molar-refractivity contribution < 1.29 is 17.3 Å². The molecule has 0 bridgehead atoms. The molecule has 0 aliphatic carbocycles. The third kappa shape index (κ3) is 4.57. The zero-order valence-electron chi connectivity index (χ0n) is 17.4. The lowest BCUT2D eigenvalue weighted by molar-refractivity contribution is 0.292. The zero-order chi connectivity index (χ0) is 22.0. The summed E-state index contributed by atoms with van der Waals surface area (Å²) < 4.78 is 35.5. The predicted molar refractivity (Wildman–Crippen MR) is 118 cm³/mol. The van der Waals surface area contributed by atoms with E-state index in [4.69, 9.17) is 8.92 Å². The van der Waals surface area contributed by atoms with Gasteiger partial charge in [-0.1, -0.05) is 30.3 Å². The molecular formula is C22H22N4O4S. The van der Waals surface area contributed by atoms with Gasteiger partial charge in [0, 0.05) is 41.4 Å². The van der Waals surface area contributed by atoms with Gasteiger partial charge in [-0.15, -0.1) is 0 Å². The molecule has 4 aromatic rings. The fourth-order valence-electron chi connectivity index (χ4n) is 3.39. The summed E-state index contributed by atoms with van der Waals surface area (Å²) in [6.07, 6.45) is 4.43. The molecule has 160 valence electrons. The van der Waals surface area contributed by atoms with Crippen molar-refractivity contribution in [2.75, 3.05) is 12.9 Å². The van der Waals surface area contributed by atoms with E-state index in [-0.39, 0.29) is 6.61 Å². The third-order valence-electron chi connectivity index (χ3n) is 4.68. The molecule has 0 unspecified atom stereocenters. The molecule has 2 heterocycles. The summed E-state index contributed by atoms with van der Waals surface area (Å²) in [5, 5.41) is 5.38. The van der Waals surface area contributed by atoms with Crippen LogP contribution < -0.4 is 4.74 Å². The Labute approximate surface area is 180 Å². The minimum atomic E-state index is -3.61. The lowest BCUT2D eigenvalue weighted by Gasteiger charge is -2.13. The minimum absolute atomic E-state index is 0.142. The van der Waals surface area contributed by atoms with Crippen molar-refractivity contribution in [2.45, 2.75) is 13.5 Å². The van der Waals surface area contributed by atoms with Crippen LogP contribution in [-0.4, -0.2) is 41.0 Å². The van der Waals surface area contributed by atoms with Crippen molar-refractivity contribution in [3.63, 3.8) is 0 Å². The standard InChI is InChI=1S/C22H22N4O4S/c1-4-29-20-11-19-17(10-16(20)13-30-31(3,27)28)22(24-14-23-19)18-12-26(2)25-21(18)15-8-6-5-7-9-15/h5-12,14H,4,13H2,1-3H3. The number of nitrogens with zero attached hydrogens (tertiary/aromatic N) is 4. The molecule has 0 spiro atoms. The fourth-order valence-corrected chi connectivity index (χ4v) is 3.73. The second kappa shape index (κ2) is 8.44. The van der Waals surface area contributed by atoms with Gasteiger partial charge in [-0.2, -0.15) is 13.5 Å². The molecule has 31 heavy (non-hydrogen) atoms. The number of benzene rings is 2. The van der Waals surface area contributed by atoms with Gasteiger partial charge in [0.25, 0.3) is 10.1 Å². The van der Waals surface area contributed by atoms with Gasteiger partial charge in [-0.25, -0.2) is 9.97 Å². The molecule has 0 N–H and O–H groups in total. The van der Waals surface area contributed by atoms with E-state index in [1.807, 2.05) is 56.6 Å². The van der Waals surface area contributed by atoms with Gasteiger partial charge in [-0.05, 0) is 13.0 Å². The monoisotopic (exact) mass is 438 g/mol. The first-order valence-electron chi connectivity index (χ1n) is 9.70. The zero-order valence-corrected chi connectivity index (χ0v) is 18.3. The normalized spacial score (nSPS) is 11.7. The predicted octanol–water partition coefficient (Wildman–Crippen LogP) is 3.57. The van der Waals surface area contributed by atoms with Crippen LogP contribution in [-0.2, 0) is 28.0 Å². The van der Waals surface area contributed by atoms with Gasteiger partial charge >= 0.3 is 0 Å². The van der Waals surface area contributed by atoms with Crippen molar-refractivity contribution in [1.82, 2.24) is 19.7 Å². The Morgan fingerprint density at radius 1 is 1.06 bits per heavy atom. The Kier molecular flexibility index (Phi) is 5.71. The number of aryl methyl sites for hydroxylation is 1. The van der Waals surface area contributed by atoms with Crippen LogP contribution in [0.1, 0.15) is 12.5 Å². The number of hydrogen-bond donors (Lipinski definition) is 0. The molecule has 4 rings (SSSR count). The highest BCUT2D eigenvalue weighted by molar-refractivity contribution is 7.85. The van der Waals surface area contributed by atoms with Crippen molar-refractivity contribution in [3.05, 3.63) is 60.6 Å². The Balaban J connectivity index is 1.90. The van der Waals surface area contributed by atoms with E-state index in [1.165, 1.54) is 6.33 Å². The molecule has 0 fully saturated rings. The number of ether oxygens (including phenoxy) is 1. The summed E-state index contributed by atoms with van der Waals surface area (Å²) in [7, 11) is -1.75. The highest BCUT2D eigenvalue weighted by Gasteiger charge is 2.18. The lowest BCUT2D eigenvalue weighted by Crippen LogP contribution is -2.05. The summed E-state index contributed by atoms with van der Waals surface area (Å²) >= 11 is 0. The van der Waals surface area contributed by atoms with Gasteiger partial charge < -0.3 is 4.74 Å². The van der Waals surface area contributed by atoms with Gasteiger partial charge in [0.1, 0.15) is 17.8 Å². The fraction of sp³-hybridized carbons (Fsp3) is 0.227. The molecule has 0 amide bonds. The molecule has 0 saturated heterocycles. The number of rotatable bonds is 7. The lowest BCUT2D eigenvalue weighted by atomic mass is 10.0. The summed E-state index contributed by atoms with van der Waals surface area (Å²) in [6, 6.07) is 13.5. The average Bonchev–Trinajstić information content (AvgIpc) is 3.13. The van der Waals surface area contributed by atoms with Crippen LogP contribution in [0.15, 0.2) is 55.0 Å². The van der Waals surface area contributed by atoms with Crippen LogP contribution in [0.2, 0.25) is 0 Å². The molecular weight excluding hydrogens is 416 g/mol. The topological polar surface area (TPSA) is 96.2 Å². The van der Waals surface area contributed by atoms with E-state index in [2.05, 4.69) is 15.1 Å². The third-order valence-corrected chi connectivity index (χ3v) is 5.22. The van der Waals surface area contributed by atoms with Gasteiger partial charge in [0.15, 0.2) is 0 Å².